The largest absolute Gasteiger partial charge is 0.366 e. The van der Waals surface area contributed by atoms with Gasteiger partial charge in [-0.15, -0.1) is 0 Å². The van der Waals surface area contributed by atoms with Gasteiger partial charge in [0.05, 0.1) is 11.9 Å². The third-order valence-electron chi connectivity index (χ3n) is 2.65. The summed E-state index contributed by atoms with van der Waals surface area (Å²) in [6, 6.07) is 4.95. The van der Waals surface area contributed by atoms with Gasteiger partial charge in [-0.2, -0.15) is 0 Å². The number of amides is 1. The summed E-state index contributed by atoms with van der Waals surface area (Å²) in [6.45, 7) is 0.373. The molecule has 16 heavy (non-hydrogen) atoms. The number of nitrogens with two attached hydrogens (primary N) is 1. The van der Waals surface area contributed by atoms with Crippen molar-refractivity contribution >= 4 is 21.6 Å². The quantitative estimate of drug-likeness (QED) is 0.796. The van der Waals surface area contributed by atoms with Crippen LogP contribution in [0.1, 0.15) is 15.9 Å². The maximum absolute atomic E-state index is 11.5. The molecule has 1 aromatic carbocycles. The number of fused-ring (bicyclic) bond motifs is 1. The van der Waals surface area contributed by atoms with Gasteiger partial charge >= 0.3 is 0 Å². The number of nitrogens with zero attached hydrogens (tertiary/aromatic N) is 1. The second kappa shape index (κ2) is 3.48. The van der Waals surface area contributed by atoms with Crippen LogP contribution in [0.3, 0.4) is 0 Å². The Morgan fingerprint density at radius 1 is 1.44 bits per heavy atom. The molecular formula is C10H12N2O3S. The summed E-state index contributed by atoms with van der Waals surface area (Å²) < 4.78 is 24.3. The second-order valence-electron chi connectivity index (χ2n) is 3.75. The lowest BCUT2D eigenvalue weighted by Gasteiger charge is -2.16. The van der Waals surface area contributed by atoms with Gasteiger partial charge in [-0.25, -0.2) is 8.42 Å². The molecule has 2 rings (SSSR count). The van der Waals surface area contributed by atoms with Crippen LogP contribution in [0.25, 0.3) is 0 Å². The normalized spacial score (nSPS) is 14.9. The number of sulfonamides is 1. The van der Waals surface area contributed by atoms with Gasteiger partial charge in [-0.3, -0.25) is 9.10 Å². The molecule has 0 saturated carbocycles. The molecule has 0 atom stereocenters. The van der Waals surface area contributed by atoms with E-state index in [0.717, 1.165) is 11.8 Å². The van der Waals surface area contributed by atoms with Crippen LogP contribution in [0.2, 0.25) is 0 Å². The first kappa shape index (κ1) is 10.9. The van der Waals surface area contributed by atoms with Crippen LogP contribution in [-0.4, -0.2) is 27.1 Å². The zero-order chi connectivity index (χ0) is 11.9. The minimum absolute atomic E-state index is 0.373. The van der Waals surface area contributed by atoms with Crippen LogP contribution in [-0.2, 0) is 16.4 Å². The average Bonchev–Trinajstić information content (AvgIpc) is 2.59. The van der Waals surface area contributed by atoms with Crippen LogP contribution in [0.15, 0.2) is 18.2 Å². The smallest absolute Gasteiger partial charge is 0.249 e. The number of carbonyl (C=O) groups is 1. The van der Waals surface area contributed by atoms with E-state index in [0.29, 0.717) is 24.2 Å². The van der Waals surface area contributed by atoms with Gasteiger partial charge in [0, 0.05) is 12.1 Å². The fourth-order valence-corrected chi connectivity index (χ4v) is 2.93. The van der Waals surface area contributed by atoms with Crippen molar-refractivity contribution in [3.05, 3.63) is 29.3 Å². The Bertz CT molecular complexity index is 551. The summed E-state index contributed by atoms with van der Waals surface area (Å²) in [5.41, 5.74) is 6.93. The molecule has 5 nitrogen and oxygen atoms in total. The summed E-state index contributed by atoms with van der Waals surface area (Å²) >= 11 is 0. The maximum atomic E-state index is 11.5. The van der Waals surface area contributed by atoms with E-state index in [1.54, 1.807) is 18.2 Å². The van der Waals surface area contributed by atoms with Crippen molar-refractivity contribution in [2.45, 2.75) is 6.42 Å². The van der Waals surface area contributed by atoms with Crippen molar-refractivity contribution < 1.29 is 13.2 Å². The van der Waals surface area contributed by atoms with Gasteiger partial charge in [0.25, 0.3) is 0 Å². The number of hydrogen-bond acceptors (Lipinski definition) is 3. The maximum Gasteiger partial charge on any atom is 0.249 e. The van der Waals surface area contributed by atoms with Gasteiger partial charge in [-0.1, -0.05) is 6.07 Å². The number of primary amides is 1. The molecule has 0 fully saturated rings. The number of hydrogen-bond donors (Lipinski definition) is 1. The minimum Gasteiger partial charge on any atom is -0.366 e. The summed E-state index contributed by atoms with van der Waals surface area (Å²) in [6.07, 6.45) is 1.68. The Balaban J connectivity index is 2.58. The molecule has 1 heterocycles. The molecule has 0 bridgehead atoms. The molecule has 86 valence electrons. The SMILES string of the molecule is CS(=O)(=O)N1CCc2c(C(N)=O)cccc21. The highest BCUT2D eigenvalue weighted by molar-refractivity contribution is 7.92. The number of benzene rings is 1. The number of anilines is 1. The lowest BCUT2D eigenvalue weighted by Crippen LogP contribution is -2.27. The topological polar surface area (TPSA) is 80.5 Å². The highest BCUT2D eigenvalue weighted by atomic mass is 32.2. The summed E-state index contributed by atoms with van der Waals surface area (Å²) in [5.74, 6) is -0.521. The van der Waals surface area contributed by atoms with Crippen molar-refractivity contribution in [2.75, 3.05) is 17.1 Å². The molecule has 1 aromatic rings. The molecule has 0 aliphatic carbocycles. The van der Waals surface area contributed by atoms with Crippen molar-refractivity contribution in [2.24, 2.45) is 5.73 Å². The summed E-state index contributed by atoms with van der Waals surface area (Å²) in [5, 5.41) is 0. The molecule has 1 amide bonds. The van der Waals surface area contributed by atoms with E-state index in [4.69, 9.17) is 5.73 Å². The standard InChI is InChI=1S/C10H12N2O3S/c1-16(14,15)12-6-5-7-8(10(11)13)3-2-4-9(7)12/h2-4H,5-6H2,1H3,(H2,11,13). The summed E-state index contributed by atoms with van der Waals surface area (Å²) in [7, 11) is -3.28. The van der Waals surface area contributed by atoms with Crippen LogP contribution in [0, 0.1) is 0 Å². The van der Waals surface area contributed by atoms with Gasteiger partial charge in [0.15, 0.2) is 0 Å². The van der Waals surface area contributed by atoms with Crippen LogP contribution >= 0.6 is 0 Å². The third-order valence-corrected chi connectivity index (χ3v) is 3.83. The fourth-order valence-electron chi connectivity index (χ4n) is 1.98. The predicted molar refractivity (Wildman–Crippen MR) is 60.9 cm³/mol. The van der Waals surface area contributed by atoms with Gasteiger partial charge in [0.1, 0.15) is 0 Å². The number of carbonyl (C=O) groups excluding carboxylic acids is 1. The first-order chi connectivity index (χ1) is 7.41. The van der Waals surface area contributed by atoms with Crippen molar-refractivity contribution in [3.63, 3.8) is 0 Å². The molecule has 0 spiro atoms. The second-order valence-corrected chi connectivity index (χ2v) is 5.66. The lowest BCUT2D eigenvalue weighted by atomic mass is 10.0. The highest BCUT2D eigenvalue weighted by Crippen LogP contribution is 2.32. The van der Waals surface area contributed by atoms with E-state index in [9.17, 15) is 13.2 Å². The first-order valence-corrected chi connectivity index (χ1v) is 6.65. The van der Waals surface area contributed by atoms with Crippen molar-refractivity contribution in [1.29, 1.82) is 0 Å². The Morgan fingerprint density at radius 3 is 2.69 bits per heavy atom. The van der Waals surface area contributed by atoms with E-state index in [-0.39, 0.29) is 0 Å². The molecule has 2 N–H and O–H groups in total. The van der Waals surface area contributed by atoms with Gasteiger partial charge < -0.3 is 5.73 Å². The van der Waals surface area contributed by atoms with E-state index >= 15 is 0 Å². The highest BCUT2D eigenvalue weighted by Gasteiger charge is 2.28. The zero-order valence-electron chi connectivity index (χ0n) is 8.80. The number of rotatable bonds is 2. The van der Waals surface area contributed by atoms with Crippen LogP contribution in [0.5, 0.6) is 0 Å². The van der Waals surface area contributed by atoms with Crippen molar-refractivity contribution in [1.82, 2.24) is 0 Å². The Hall–Kier alpha value is -1.56. The molecular weight excluding hydrogens is 228 g/mol. The van der Waals surface area contributed by atoms with E-state index in [1.807, 2.05) is 0 Å². The predicted octanol–water partition coefficient (Wildman–Crippen LogP) is 0.108. The molecule has 6 heteroatoms. The minimum atomic E-state index is -3.28. The third kappa shape index (κ3) is 1.65. The Morgan fingerprint density at radius 2 is 2.12 bits per heavy atom. The van der Waals surface area contributed by atoms with Crippen molar-refractivity contribution in [3.8, 4) is 0 Å². The lowest BCUT2D eigenvalue weighted by molar-refractivity contribution is 0.0999. The van der Waals surface area contributed by atoms with Gasteiger partial charge in [-0.05, 0) is 24.1 Å². The zero-order valence-corrected chi connectivity index (χ0v) is 9.62. The Kier molecular flexibility index (Phi) is 2.38. The van der Waals surface area contributed by atoms with Crippen LogP contribution in [0.4, 0.5) is 5.69 Å². The molecule has 1 aliphatic heterocycles. The Labute approximate surface area is 93.9 Å². The molecule has 1 aliphatic rings. The summed E-state index contributed by atoms with van der Waals surface area (Å²) in [4.78, 5) is 11.2. The first-order valence-electron chi connectivity index (χ1n) is 4.80. The molecule has 0 saturated heterocycles. The average molecular weight is 240 g/mol. The van der Waals surface area contributed by atoms with Crippen LogP contribution < -0.4 is 10.0 Å². The molecule has 0 radical (unpaired) electrons. The molecule has 0 aromatic heterocycles. The molecule has 0 unspecified atom stereocenters. The van der Waals surface area contributed by atoms with E-state index < -0.39 is 15.9 Å². The van der Waals surface area contributed by atoms with E-state index in [2.05, 4.69) is 0 Å². The fraction of sp³-hybridized carbons (Fsp3) is 0.300. The van der Waals surface area contributed by atoms with Gasteiger partial charge in [0.2, 0.25) is 15.9 Å². The monoisotopic (exact) mass is 240 g/mol. The van der Waals surface area contributed by atoms with E-state index in [1.165, 1.54) is 4.31 Å².